The molecule has 0 bridgehead atoms. The maximum Gasteiger partial charge on any atom is 0.338 e. The zero-order chi connectivity index (χ0) is 27.4. The highest BCUT2D eigenvalue weighted by Crippen LogP contribution is 2.32. The molecular formula is C29H30ClFN2O4S. The van der Waals surface area contributed by atoms with E-state index >= 15 is 0 Å². The van der Waals surface area contributed by atoms with Crippen LogP contribution in [0.15, 0.2) is 63.5 Å². The average molecular weight is 557 g/mol. The standard InChI is InChI=1S/C29H30ClFN2O4S/c1-5-6-14-36-20-12-10-19(11-13-20)26-25(28(35)37-16-17(2)3)18(4)32-29-33(26)27(34)24(38-29)15-21-22(30)8-7-9-23(21)31/h7-13,15,17,26H,5-6,14,16H2,1-4H3. The van der Waals surface area contributed by atoms with Crippen LogP contribution in [0.3, 0.4) is 0 Å². The Labute approximate surface area is 229 Å². The van der Waals surface area contributed by atoms with Crippen LogP contribution < -0.4 is 19.6 Å². The third kappa shape index (κ3) is 5.92. The van der Waals surface area contributed by atoms with Crippen LogP contribution in [0, 0.1) is 11.7 Å². The molecule has 0 saturated heterocycles. The number of nitrogens with zero attached hydrogens (tertiary/aromatic N) is 2. The molecule has 1 aliphatic rings. The van der Waals surface area contributed by atoms with E-state index in [1.54, 1.807) is 13.0 Å². The van der Waals surface area contributed by atoms with E-state index in [9.17, 15) is 14.0 Å². The molecule has 1 atom stereocenters. The lowest BCUT2D eigenvalue weighted by atomic mass is 9.96. The number of thiazole rings is 1. The number of fused-ring (bicyclic) bond motifs is 1. The number of halogens is 2. The molecule has 200 valence electrons. The van der Waals surface area contributed by atoms with Crippen LogP contribution in [0.4, 0.5) is 4.39 Å². The highest BCUT2D eigenvalue weighted by Gasteiger charge is 2.33. The summed E-state index contributed by atoms with van der Waals surface area (Å²) in [5.41, 5.74) is 1.17. The number of hydrogen-bond acceptors (Lipinski definition) is 6. The van der Waals surface area contributed by atoms with Crippen LogP contribution in [-0.4, -0.2) is 23.8 Å². The molecular weight excluding hydrogens is 527 g/mol. The Balaban J connectivity index is 1.85. The van der Waals surface area contributed by atoms with Gasteiger partial charge >= 0.3 is 5.97 Å². The van der Waals surface area contributed by atoms with E-state index in [0.29, 0.717) is 28.4 Å². The summed E-state index contributed by atoms with van der Waals surface area (Å²) in [5.74, 6) is -0.217. The van der Waals surface area contributed by atoms with Crippen molar-refractivity contribution in [2.24, 2.45) is 10.9 Å². The molecule has 4 rings (SSSR count). The number of allylic oxidation sites excluding steroid dienone is 1. The van der Waals surface area contributed by atoms with Crippen LogP contribution in [-0.2, 0) is 9.53 Å². The van der Waals surface area contributed by atoms with Gasteiger partial charge in [0, 0.05) is 5.56 Å². The summed E-state index contributed by atoms with van der Waals surface area (Å²) in [6.45, 7) is 8.57. The highest BCUT2D eigenvalue weighted by atomic mass is 35.5. The summed E-state index contributed by atoms with van der Waals surface area (Å²) < 4.78 is 27.6. The van der Waals surface area contributed by atoms with Gasteiger partial charge in [0.25, 0.3) is 5.56 Å². The molecule has 0 fully saturated rings. The maximum atomic E-state index is 14.5. The van der Waals surface area contributed by atoms with Gasteiger partial charge in [0.1, 0.15) is 11.6 Å². The van der Waals surface area contributed by atoms with Crippen molar-refractivity contribution in [1.82, 2.24) is 4.57 Å². The molecule has 0 aliphatic carbocycles. The number of carbonyl (C=O) groups excluding carboxylic acids is 1. The van der Waals surface area contributed by atoms with Crippen molar-refractivity contribution in [3.8, 4) is 5.75 Å². The van der Waals surface area contributed by atoms with Gasteiger partial charge in [0.15, 0.2) is 4.80 Å². The average Bonchev–Trinajstić information content (AvgIpc) is 3.19. The number of esters is 1. The normalized spacial score (nSPS) is 15.4. The Morgan fingerprint density at radius 2 is 1.97 bits per heavy atom. The van der Waals surface area contributed by atoms with Gasteiger partial charge < -0.3 is 9.47 Å². The second-order valence-corrected chi connectivity index (χ2v) is 10.9. The number of hydrogen-bond donors (Lipinski definition) is 0. The van der Waals surface area contributed by atoms with Crippen molar-refractivity contribution in [3.63, 3.8) is 0 Å². The monoisotopic (exact) mass is 556 g/mol. The number of aromatic nitrogens is 1. The Morgan fingerprint density at radius 3 is 2.63 bits per heavy atom. The Hall–Kier alpha value is -3.23. The SMILES string of the molecule is CCCCOc1ccc(C2C(C(=O)OCC(C)C)=C(C)N=c3sc(=Cc4c(F)cccc4Cl)c(=O)n32)cc1. The fourth-order valence-corrected chi connectivity index (χ4v) is 5.32. The molecule has 0 radical (unpaired) electrons. The van der Waals surface area contributed by atoms with Gasteiger partial charge in [-0.15, -0.1) is 0 Å². The van der Waals surface area contributed by atoms with Crippen LogP contribution >= 0.6 is 22.9 Å². The van der Waals surface area contributed by atoms with Gasteiger partial charge in [-0.25, -0.2) is 14.2 Å². The van der Waals surface area contributed by atoms with E-state index < -0.39 is 23.4 Å². The topological polar surface area (TPSA) is 69.9 Å². The number of carbonyl (C=O) groups is 1. The van der Waals surface area contributed by atoms with Gasteiger partial charge in [-0.2, -0.15) is 0 Å². The second kappa shape index (κ2) is 12.1. The highest BCUT2D eigenvalue weighted by molar-refractivity contribution is 7.07. The molecule has 0 spiro atoms. The quantitative estimate of drug-likeness (QED) is 0.261. The van der Waals surface area contributed by atoms with E-state index in [1.165, 1.54) is 22.8 Å². The minimum atomic E-state index is -0.770. The van der Waals surface area contributed by atoms with E-state index in [1.807, 2.05) is 38.1 Å². The van der Waals surface area contributed by atoms with Crippen LogP contribution in [0.1, 0.15) is 57.7 Å². The van der Waals surface area contributed by atoms with Crippen molar-refractivity contribution in [3.05, 3.63) is 95.4 Å². The predicted molar refractivity (Wildman–Crippen MR) is 148 cm³/mol. The first-order valence-corrected chi connectivity index (χ1v) is 13.8. The van der Waals surface area contributed by atoms with Crippen LogP contribution in [0.25, 0.3) is 6.08 Å². The summed E-state index contributed by atoms with van der Waals surface area (Å²) in [7, 11) is 0. The van der Waals surface area contributed by atoms with E-state index in [-0.39, 0.29) is 33.2 Å². The fourth-order valence-electron chi connectivity index (χ4n) is 4.08. The molecule has 38 heavy (non-hydrogen) atoms. The lowest BCUT2D eigenvalue weighted by Crippen LogP contribution is -2.40. The molecule has 1 aromatic heterocycles. The molecule has 9 heteroatoms. The van der Waals surface area contributed by atoms with Gasteiger partial charge in [-0.05, 0) is 55.2 Å². The zero-order valence-corrected chi connectivity index (χ0v) is 23.4. The number of benzene rings is 2. The van der Waals surface area contributed by atoms with Crippen molar-refractivity contribution in [2.75, 3.05) is 13.2 Å². The van der Waals surface area contributed by atoms with Crippen LogP contribution in [0.5, 0.6) is 5.75 Å². The van der Waals surface area contributed by atoms with Crippen molar-refractivity contribution in [1.29, 1.82) is 0 Å². The number of unbranched alkanes of at least 4 members (excludes halogenated alkanes) is 1. The van der Waals surface area contributed by atoms with E-state index in [0.717, 1.165) is 24.2 Å². The number of rotatable bonds is 9. The predicted octanol–water partition coefficient (Wildman–Crippen LogP) is 5.41. The van der Waals surface area contributed by atoms with Gasteiger partial charge in [0.2, 0.25) is 0 Å². The smallest absolute Gasteiger partial charge is 0.338 e. The number of ether oxygens (including phenoxy) is 2. The van der Waals surface area contributed by atoms with E-state index in [2.05, 4.69) is 11.9 Å². The Bertz CT molecular complexity index is 1520. The minimum Gasteiger partial charge on any atom is -0.494 e. The van der Waals surface area contributed by atoms with Gasteiger partial charge in [-0.1, -0.05) is 68.3 Å². The molecule has 0 saturated carbocycles. The molecule has 3 aromatic rings. The third-order valence-electron chi connectivity index (χ3n) is 6.03. The Kier molecular flexibility index (Phi) is 8.84. The molecule has 2 heterocycles. The summed E-state index contributed by atoms with van der Waals surface area (Å²) in [6.07, 6.45) is 3.40. The van der Waals surface area contributed by atoms with Crippen molar-refractivity contribution >= 4 is 35.0 Å². The molecule has 6 nitrogen and oxygen atoms in total. The molecule has 0 amide bonds. The fraction of sp³-hybridized carbons (Fsp3) is 0.345. The van der Waals surface area contributed by atoms with Gasteiger partial charge in [-0.3, -0.25) is 9.36 Å². The lowest BCUT2D eigenvalue weighted by Gasteiger charge is -2.25. The summed E-state index contributed by atoms with van der Waals surface area (Å²) in [5, 5.41) is 0.195. The van der Waals surface area contributed by atoms with Crippen LogP contribution in [0.2, 0.25) is 5.02 Å². The largest absolute Gasteiger partial charge is 0.494 e. The summed E-state index contributed by atoms with van der Waals surface area (Å²) >= 11 is 7.33. The zero-order valence-electron chi connectivity index (χ0n) is 21.8. The molecule has 0 N–H and O–H groups in total. The Morgan fingerprint density at radius 1 is 1.24 bits per heavy atom. The molecule has 1 unspecified atom stereocenters. The van der Waals surface area contributed by atoms with E-state index in [4.69, 9.17) is 21.1 Å². The maximum absolute atomic E-state index is 14.5. The van der Waals surface area contributed by atoms with Crippen molar-refractivity contribution in [2.45, 2.75) is 46.6 Å². The minimum absolute atomic E-state index is 0.122. The second-order valence-electron chi connectivity index (χ2n) is 9.48. The summed E-state index contributed by atoms with van der Waals surface area (Å²) in [6, 6.07) is 10.9. The lowest BCUT2D eigenvalue weighted by molar-refractivity contribution is -0.140. The molecule has 2 aromatic carbocycles. The first-order chi connectivity index (χ1) is 18.2. The van der Waals surface area contributed by atoms with Crippen molar-refractivity contribution < 1.29 is 18.7 Å². The van der Waals surface area contributed by atoms with Gasteiger partial charge in [0.05, 0.1) is 40.1 Å². The first-order valence-electron chi connectivity index (χ1n) is 12.6. The molecule has 1 aliphatic heterocycles. The summed E-state index contributed by atoms with van der Waals surface area (Å²) in [4.78, 5) is 32.0. The third-order valence-corrected chi connectivity index (χ3v) is 7.34. The first kappa shape index (κ1) is 27.8.